The summed E-state index contributed by atoms with van der Waals surface area (Å²) in [6, 6.07) is 11.2. The van der Waals surface area contributed by atoms with Crippen molar-refractivity contribution in [3.63, 3.8) is 0 Å². The molecular formula is C18H17ClO4. The van der Waals surface area contributed by atoms with E-state index in [4.69, 9.17) is 21.1 Å². The molecule has 2 rings (SSSR count). The van der Waals surface area contributed by atoms with E-state index in [1.807, 2.05) is 13.8 Å². The average molecular weight is 333 g/mol. The predicted octanol–water partition coefficient (Wildman–Crippen LogP) is 4.43. The lowest BCUT2D eigenvalue weighted by molar-refractivity contribution is 0.0504. The molecule has 0 saturated heterocycles. The number of halogens is 1. The highest BCUT2D eigenvalue weighted by molar-refractivity contribution is 6.31. The van der Waals surface area contributed by atoms with E-state index in [1.54, 1.807) is 30.3 Å². The maximum Gasteiger partial charge on any atom is 0.343 e. The van der Waals surface area contributed by atoms with Crippen molar-refractivity contribution >= 4 is 23.5 Å². The number of carbonyl (C=O) groups is 2. The fraction of sp³-hybridized carbons (Fsp3) is 0.222. The van der Waals surface area contributed by atoms with Gasteiger partial charge < -0.3 is 9.47 Å². The number of rotatable bonds is 5. The van der Waals surface area contributed by atoms with Crippen molar-refractivity contribution in [2.75, 3.05) is 6.61 Å². The summed E-state index contributed by atoms with van der Waals surface area (Å²) in [5.74, 6) is -0.483. The molecule has 0 spiro atoms. The first-order valence-corrected chi connectivity index (χ1v) is 7.64. The summed E-state index contributed by atoms with van der Waals surface area (Å²) < 4.78 is 10.3. The van der Waals surface area contributed by atoms with Crippen LogP contribution in [0.2, 0.25) is 5.02 Å². The zero-order valence-electron chi connectivity index (χ0n) is 13.0. The third-order valence-corrected chi connectivity index (χ3v) is 3.56. The van der Waals surface area contributed by atoms with Gasteiger partial charge in [-0.15, -0.1) is 0 Å². The molecule has 0 fully saturated rings. The van der Waals surface area contributed by atoms with Gasteiger partial charge in [-0.25, -0.2) is 9.59 Å². The van der Waals surface area contributed by atoms with Crippen LogP contribution in [0.1, 0.15) is 39.6 Å². The van der Waals surface area contributed by atoms with E-state index < -0.39 is 11.9 Å². The Labute approximate surface area is 140 Å². The van der Waals surface area contributed by atoms with Gasteiger partial charge in [0.2, 0.25) is 0 Å². The van der Waals surface area contributed by atoms with Gasteiger partial charge in [0.1, 0.15) is 5.75 Å². The monoisotopic (exact) mass is 332 g/mol. The molecule has 0 radical (unpaired) electrons. The maximum atomic E-state index is 12.1. The van der Waals surface area contributed by atoms with Crippen molar-refractivity contribution in [3.05, 3.63) is 64.2 Å². The Hall–Kier alpha value is -2.33. The zero-order valence-corrected chi connectivity index (χ0v) is 13.7. The molecule has 2 aromatic rings. The Kier molecular flexibility index (Phi) is 5.77. The number of aryl methyl sites for hydroxylation is 1. The molecule has 0 amide bonds. The molecule has 0 saturated carbocycles. The Bertz CT molecular complexity index is 707. The van der Waals surface area contributed by atoms with E-state index in [9.17, 15) is 9.59 Å². The fourth-order valence-electron chi connectivity index (χ4n) is 1.87. The minimum atomic E-state index is -0.500. The first-order chi connectivity index (χ1) is 11.0. The molecule has 23 heavy (non-hydrogen) atoms. The fourth-order valence-corrected chi connectivity index (χ4v) is 1.98. The number of esters is 2. The molecule has 0 aliphatic carbocycles. The van der Waals surface area contributed by atoms with Gasteiger partial charge in [-0.2, -0.15) is 0 Å². The first kappa shape index (κ1) is 17.0. The summed E-state index contributed by atoms with van der Waals surface area (Å²) in [6.07, 6.45) is 0.761. The van der Waals surface area contributed by atoms with Gasteiger partial charge in [-0.3, -0.25) is 0 Å². The third-order valence-electron chi connectivity index (χ3n) is 3.13. The Balaban J connectivity index is 2.05. The van der Waals surface area contributed by atoms with Crippen LogP contribution in [0.4, 0.5) is 0 Å². The largest absolute Gasteiger partial charge is 0.462 e. The van der Waals surface area contributed by atoms with Crippen molar-refractivity contribution in [1.82, 2.24) is 0 Å². The molecule has 0 aliphatic rings. The van der Waals surface area contributed by atoms with Gasteiger partial charge in [0.05, 0.1) is 17.7 Å². The van der Waals surface area contributed by atoms with Crippen molar-refractivity contribution in [2.24, 2.45) is 0 Å². The van der Waals surface area contributed by atoms with Gasteiger partial charge in [0.25, 0.3) is 0 Å². The van der Waals surface area contributed by atoms with Crippen molar-refractivity contribution in [2.45, 2.75) is 20.3 Å². The number of hydrogen-bond donors (Lipinski definition) is 0. The quantitative estimate of drug-likeness (QED) is 0.600. The Morgan fingerprint density at radius 2 is 1.61 bits per heavy atom. The van der Waals surface area contributed by atoms with Gasteiger partial charge >= 0.3 is 11.9 Å². The van der Waals surface area contributed by atoms with E-state index in [1.165, 1.54) is 12.1 Å². The minimum Gasteiger partial charge on any atom is -0.462 e. The average Bonchev–Trinajstić information content (AvgIpc) is 2.56. The predicted molar refractivity (Wildman–Crippen MR) is 88.2 cm³/mol. The smallest absolute Gasteiger partial charge is 0.343 e. The molecular weight excluding hydrogens is 316 g/mol. The van der Waals surface area contributed by atoms with E-state index >= 15 is 0 Å². The van der Waals surface area contributed by atoms with E-state index in [0.29, 0.717) is 28.5 Å². The van der Waals surface area contributed by atoms with E-state index in [0.717, 1.165) is 12.0 Å². The van der Waals surface area contributed by atoms with Crippen molar-refractivity contribution < 1.29 is 19.1 Å². The standard InChI is InChI=1S/C18H17ClO4/c1-3-10-22-17(20)13-4-6-14(7-5-13)18(21)23-15-8-9-16(19)12(2)11-15/h4-9,11H,3,10H2,1-2H3. The highest BCUT2D eigenvalue weighted by atomic mass is 35.5. The summed E-state index contributed by atoms with van der Waals surface area (Å²) in [5.41, 5.74) is 1.58. The van der Waals surface area contributed by atoms with Gasteiger partial charge in [-0.1, -0.05) is 18.5 Å². The van der Waals surface area contributed by atoms with Crippen LogP contribution < -0.4 is 4.74 Å². The summed E-state index contributed by atoms with van der Waals surface area (Å²) in [6.45, 7) is 4.12. The Morgan fingerprint density at radius 3 is 2.17 bits per heavy atom. The highest BCUT2D eigenvalue weighted by Gasteiger charge is 2.12. The van der Waals surface area contributed by atoms with Crippen LogP contribution in [0, 0.1) is 6.92 Å². The second-order valence-corrected chi connectivity index (χ2v) is 5.42. The van der Waals surface area contributed by atoms with Crippen LogP contribution in [-0.2, 0) is 4.74 Å². The van der Waals surface area contributed by atoms with E-state index in [-0.39, 0.29) is 0 Å². The summed E-state index contributed by atoms with van der Waals surface area (Å²) >= 11 is 5.93. The second kappa shape index (κ2) is 7.79. The highest BCUT2D eigenvalue weighted by Crippen LogP contribution is 2.22. The molecule has 4 nitrogen and oxygen atoms in total. The second-order valence-electron chi connectivity index (χ2n) is 5.01. The molecule has 0 N–H and O–H groups in total. The molecule has 5 heteroatoms. The molecule has 0 aromatic heterocycles. The van der Waals surface area contributed by atoms with Crippen molar-refractivity contribution in [3.8, 4) is 5.75 Å². The van der Waals surface area contributed by atoms with Crippen LogP contribution in [0.3, 0.4) is 0 Å². The topological polar surface area (TPSA) is 52.6 Å². The van der Waals surface area contributed by atoms with Crippen molar-refractivity contribution in [1.29, 1.82) is 0 Å². The summed E-state index contributed by atoms with van der Waals surface area (Å²) in [4.78, 5) is 23.8. The Morgan fingerprint density at radius 1 is 1.00 bits per heavy atom. The summed E-state index contributed by atoms with van der Waals surface area (Å²) in [7, 11) is 0. The van der Waals surface area contributed by atoms with E-state index in [2.05, 4.69) is 0 Å². The molecule has 0 unspecified atom stereocenters. The minimum absolute atomic E-state index is 0.352. The van der Waals surface area contributed by atoms with Gasteiger partial charge in [-0.05, 0) is 61.4 Å². The SMILES string of the molecule is CCCOC(=O)c1ccc(C(=O)Oc2ccc(Cl)c(C)c2)cc1. The van der Waals surface area contributed by atoms with Crippen LogP contribution in [0.5, 0.6) is 5.75 Å². The van der Waals surface area contributed by atoms with Crippen LogP contribution in [-0.4, -0.2) is 18.5 Å². The molecule has 0 heterocycles. The number of ether oxygens (including phenoxy) is 2. The number of carbonyl (C=O) groups excluding carboxylic acids is 2. The number of benzene rings is 2. The number of hydrogen-bond acceptors (Lipinski definition) is 4. The maximum absolute atomic E-state index is 12.1. The molecule has 0 bridgehead atoms. The van der Waals surface area contributed by atoms with Crippen LogP contribution in [0.25, 0.3) is 0 Å². The lowest BCUT2D eigenvalue weighted by Crippen LogP contribution is -2.10. The van der Waals surface area contributed by atoms with Gasteiger partial charge in [0, 0.05) is 5.02 Å². The van der Waals surface area contributed by atoms with Gasteiger partial charge in [0.15, 0.2) is 0 Å². The first-order valence-electron chi connectivity index (χ1n) is 7.26. The molecule has 0 atom stereocenters. The third kappa shape index (κ3) is 4.57. The molecule has 120 valence electrons. The zero-order chi connectivity index (χ0) is 16.8. The summed E-state index contributed by atoms with van der Waals surface area (Å²) in [5, 5.41) is 0.611. The lowest BCUT2D eigenvalue weighted by Gasteiger charge is -2.07. The van der Waals surface area contributed by atoms with Crippen LogP contribution >= 0.6 is 11.6 Å². The molecule has 0 aliphatic heterocycles. The van der Waals surface area contributed by atoms with Crippen LogP contribution in [0.15, 0.2) is 42.5 Å². The lowest BCUT2D eigenvalue weighted by atomic mass is 10.1. The normalized spacial score (nSPS) is 10.2. The molecule has 2 aromatic carbocycles.